The molecule has 4 heterocycles. The first-order valence-corrected chi connectivity index (χ1v) is 11.6. The third-order valence-electron chi connectivity index (χ3n) is 7.14. The molecule has 5 rings (SSSR count). The number of H-pyrrole nitrogens is 1. The van der Waals surface area contributed by atoms with E-state index >= 15 is 0 Å². The zero-order valence-corrected chi connectivity index (χ0v) is 19.1. The van der Waals surface area contributed by atoms with Crippen LogP contribution in [-0.2, 0) is 22.6 Å². The van der Waals surface area contributed by atoms with E-state index in [1.807, 2.05) is 48.2 Å². The minimum atomic E-state index is -0.153. The molecule has 33 heavy (non-hydrogen) atoms. The molecule has 1 N–H and O–H groups in total. The van der Waals surface area contributed by atoms with Crippen molar-refractivity contribution < 1.29 is 9.59 Å². The Morgan fingerprint density at radius 2 is 1.82 bits per heavy atom. The van der Waals surface area contributed by atoms with Crippen LogP contribution in [0.5, 0.6) is 0 Å². The lowest BCUT2D eigenvalue weighted by molar-refractivity contribution is -0.133. The highest BCUT2D eigenvalue weighted by molar-refractivity contribution is 5.83. The Balaban J connectivity index is 1.31. The van der Waals surface area contributed by atoms with E-state index in [2.05, 4.69) is 5.10 Å². The van der Waals surface area contributed by atoms with E-state index < -0.39 is 0 Å². The number of nitrogens with one attached hydrogen (secondary N) is 1. The number of rotatable bonds is 3. The van der Waals surface area contributed by atoms with Gasteiger partial charge in [0, 0.05) is 50.7 Å². The number of aromatic nitrogens is 3. The van der Waals surface area contributed by atoms with Crippen LogP contribution in [0.1, 0.15) is 61.0 Å². The molecule has 2 aliphatic rings. The van der Waals surface area contributed by atoms with Crippen LogP contribution in [0, 0.1) is 0 Å². The van der Waals surface area contributed by atoms with Crippen molar-refractivity contribution in [1.29, 1.82) is 0 Å². The Hall–Kier alpha value is -3.42. The lowest BCUT2D eigenvalue weighted by Gasteiger charge is -2.33. The zero-order chi connectivity index (χ0) is 23.1. The highest BCUT2D eigenvalue weighted by Gasteiger charge is 2.29. The largest absolute Gasteiger partial charge is 0.342 e. The first-order valence-electron chi connectivity index (χ1n) is 11.6. The van der Waals surface area contributed by atoms with Gasteiger partial charge in [-0.25, -0.2) is 9.50 Å². The maximum absolute atomic E-state index is 13.1. The minimum absolute atomic E-state index is 0.0276. The van der Waals surface area contributed by atoms with Crippen LogP contribution in [0.25, 0.3) is 5.65 Å². The van der Waals surface area contributed by atoms with Gasteiger partial charge in [0.15, 0.2) is 5.65 Å². The first-order chi connectivity index (χ1) is 15.9. The van der Waals surface area contributed by atoms with Crippen LogP contribution in [0.2, 0.25) is 0 Å². The monoisotopic (exact) mass is 447 g/mol. The third-order valence-corrected chi connectivity index (χ3v) is 7.14. The molecule has 2 aromatic heterocycles. The van der Waals surface area contributed by atoms with Crippen molar-refractivity contribution in [3.63, 3.8) is 0 Å². The molecule has 1 aromatic carbocycles. The van der Waals surface area contributed by atoms with E-state index in [0.717, 1.165) is 29.8 Å². The molecule has 2 aliphatic heterocycles. The molecule has 1 saturated heterocycles. The molecule has 0 radical (unpaired) electrons. The number of nitrogens with zero attached hydrogens (tertiary/aromatic N) is 4. The fourth-order valence-electron chi connectivity index (χ4n) is 5.05. The van der Waals surface area contributed by atoms with Gasteiger partial charge in [-0.3, -0.25) is 19.5 Å². The molecule has 1 atom stereocenters. The van der Waals surface area contributed by atoms with Gasteiger partial charge < -0.3 is 9.80 Å². The number of hydrogen-bond acceptors (Lipinski definition) is 4. The molecule has 8 heteroatoms. The summed E-state index contributed by atoms with van der Waals surface area (Å²) in [4.78, 5) is 46.2. The van der Waals surface area contributed by atoms with Crippen LogP contribution in [0.15, 0.2) is 41.2 Å². The van der Waals surface area contributed by atoms with Gasteiger partial charge in [-0.15, -0.1) is 0 Å². The molecular weight excluding hydrogens is 418 g/mol. The average molecular weight is 448 g/mol. The molecule has 172 valence electrons. The summed E-state index contributed by atoms with van der Waals surface area (Å²) in [7, 11) is 0. The van der Waals surface area contributed by atoms with Crippen molar-refractivity contribution >= 4 is 17.5 Å². The fraction of sp³-hybridized carbons (Fsp3) is 0.440. The number of fused-ring (bicyclic) bond motifs is 2. The summed E-state index contributed by atoms with van der Waals surface area (Å²) in [6, 6.07) is 11.9. The summed E-state index contributed by atoms with van der Waals surface area (Å²) in [5.41, 5.74) is 3.90. The SMILES string of the molecule is CC(=O)N1CCc2nc3cc(C4CCN(C(=O)[C@@H](C)c5ccccc5)CC4)[nH]n3c(=O)c2C1. The van der Waals surface area contributed by atoms with E-state index in [1.54, 1.807) is 4.90 Å². The normalized spacial score (nSPS) is 17.8. The number of piperidine rings is 1. The van der Waals surface area contributed by atoms with E-state index in [0.29, 0.717) is 43.8 Å². The maximum atomic E-state index is 13.1. The number of carbonyl (C=O) groups excluding carboxylic acids is 2. The highest BCUT2D eigenvalue weighted by Crippen LogP contribution is 2.29. The third kappa shape index (κ3) is 3.94. The van der Waals surface area contributed by atoms with Crippen molar-refractivity contribution in [3.8, 4) is 0 Å². The number of likely N-dealkylation sites (tertiary alicyclic amines) is 1. The molecule has 0 aliphatic carbocycles. The van der Waals surface area contributed by atoms with Gasteiger partial charge >= 0.3 is 0 Å². The van der Waals surface area contributed by atoms with Gasteiger partial charge in [-0.2, -0.15) is 0 Å². The summed E-state index contributed by atoms with van der Waals surface area (Å²) in [5.74, 6) is 0.226. The molecular formula is C25H29N5O3. The number of aromatic amines is 1. The van der Waals surface area contributed by atoms with E-state index in [-0.39, 0.29) is 29.2 Å². The second-order valence-electron chi connectivity index (χ2n) is 9.17. The Kier molecular flexibility index (Phi) is 5.52. The molecule has 0 spiro atoms. The van der Waals surface area contributed by atoms with Crippen LogP contribution in [0.3, 0.4) is 0 Å². The van der Waals surface area contributed by atoms with Gasteiger partial charge in [0.2, 0.25) is 11.8 Å². The van der Waals surface area contributed by atoms with E-state index in [4.69, 9.17) is 4.98 Å². The van der Waals surface area contributed by atoms with Crippen molar-refractivity contribution in [2.45, 2.75) is 51.5 Å². The summed E-state index contributed by atoms with van der Waals surface area (Å²) in [6.45, 7) is 5.79. The van der Waals surface area contributed by atoms with Gasteiger partial charge in [-0.1, -0.05) is 30.3 Å². The standard InChI is InChI=1S/C25H29N5O3/c1-16(18-6-4-3-5-7-18)24(32)28-11-8-19(9-12-28)22-14-23-26-21-10-13-29(17(2)31)15-20(21)25(33)30(23)27-22/h3-7,14,16,19,27H,8-13,15H2,1-2H3/t16-/m0/s1. The van der Waals surface area contributed by atoms with E-state index in [9.17, 15) is 14.4 Å². The predicted octanol–water partition coefficient (Wildman–Crippen LogP) is 2.44. The van der Waals surface area contributed by atoms with Crippen LogP contribution in [0.4, 0.5) is 0 Å². The molecule has 0 bridgehead atoms. The maximum Gasteiger partial charge on any atom is 0.277 e. The van der Waals surface area contributed by atoms with Gasteiger partial charge in [0.05, 0.1) is 23.7 Å². The number of amides is 2. The number of benzene rings is 1. The Morgan fingerprint density at radius 1 is 1.09 bits per heavy atom. The second-order valence-corrected chi connectivity index (χ2v) is 9.17. The summed E-state index contributed by atoms with van der Waals surface area (Å²) in [6.07, 6.45) is 2.28. The molecule has 0 saturated carbocycles. The Morgan fingerprint density at radius 3 is 2.52 bits per heavy atom. The molecule has 2 amide bonds. The van der Waals surface area contributed by atoms with Gasteiger partial charge in [0.25, 0.3) is 5.56 Å². The van der Waals surface area contributed by atoms with Crippen molar-refractivity contribution in [3.05, 3.63) is 69.3 Å². The quantitative estimate of drug-likeness (QED) is 0.668. The average Bonchev–Trinajstić information content (AvgIpc) is 3.28. The Labute approximate surface area is 192 Å². The van der Waals surface area contributed by atoms with Crippen molar-refractivity contribution in [2.24, 2.45) is 0 Å². The number of carbonyl (C=O) groups is 2. The topological polar surface area (TPSA) is 90.8 Å². The zero-order valence-electron chi connectivity index (χ0n) is 19.1. The lowest BCUT2D eigenvalue weighted by atomic mass is 9.92. The predicted molar refractivity (Wildman–Crippen MR) is 124 cm³/mol. The molecule has 1 fully saturated rings. The summed E-state index contributed by atoms with van der Waals surface area (Å²) >= 11 is 0. The van der Waals surface area contributed by atoms with Crippen molar-refractivity contribution in [1.82, 2.24) is 24.4 Å². The minimum Gasteiger partial charge on any atom is -0.342 e. The van der Waals surface area contributed by atoms with Crippen LogP contribution < -0.4 is 5.56 Å². The smallest absolute Gasteiger partial charge is 0.277 e. The second kappa shape index (κ2) is 8.50. The Bertz CT molecular complexity index is 1250. The van der Waals surface area contributed by atoms with E-state index in [1.165, 1.54) is 11.4 Å². The molecule has 3 aromatic rings. The molecule has 0 unspecified atom stereocenters. The fourth-order valence-corrected chi connectivity index (χ4v) is 5.05. The first kappa shape index (κ1) is 21.4. The summed E-state index contributed by atoms with van der Waals surface area (Å²) in [5, 5.41) is 3.26. The summed E-state index contributed by atoms with van der Waals surface area (Å²) < 4.78 is 1.51. The molecule has 8 nitrogen and oxygen atoms in total. The highest BCUT2D eigenvalue weighted by atomic mass is 16.2. The van der Waals surface area contributed by atoms with Crippen LogP contribution in [-0.4, -0.2) is 55.8 Å². The lowest BCUT2D eigenvalue weighted by Crippen LogP contribution is -2.40. The number of hydrogen-bond donors (Lipinski definition) is 1. The van der Waals surface area contributed by atoms with Gasteiger partial charge in [-0.05, 0) is 25.3 Å². The van der Waals surface area contributed by atoms with Crippen LogP contribution >= 0.6 is 0 Å². The van der Waals surface area contributed by atoms with Crippen molar-refractivity contribution in [2.75, 3.05) is 19.6 Å². The van der Waals surface area contributed by atoms with Gasteiger partial charge in [0.1, 0.15) is 0 Å².